The molecule has 4 nitrogen and oxygen atoms in total. The lowest BCUT2D eigenvalue weighted by atomic mass is 10.2. The molecule has 0 aliphatic carbocycles. The predicted octanol–water partition coefficient (Wildman–Crippen LogP) is 2.53. The van der Waals surface area contributed by atoms with Crippen LogP contribution in [0.15, 0.2) is 18.2 Å². The Labute approximate surface area is 95.5 Å². The summed E-state index contributed by atoms with van der Waals surface area (Å²) in [6.07, 6.45) is -5.27. The third-order valence-electron chi connectivity index (χ3n) is 1.90. The highest BCUT2D eigenvalue weighted by Gasteiger charge is 2.30. The molecule has 0 aromatic carbocycles. The first-order chi connectivity index (χ1) is 7.78. The highest BCUT2D eigenvalue weighted by atomic mass is 19.4. The van der Waals surface area contributed by atoms with E-state index < -0.39 is 24.6 Å². The number of hydrogen-bond acceptors (Lipinski definition) is 3. The summed E-state index contributed by atoms with van der Waals surface area (Å²) in [4.78, 5) is 14.3. The molecule has 0 radical (unpaired) electrons. The Balaban J connectivity index is 2.68. The molecule has 1 aromatic heterocycles. The number of halogens is 3. The van der Waals surface area contributed by atoms with Gasteiger partial charge in [0.05, 0.1) is 6.42 Å². The fourth-order valence-corrected chi connectivity index (χ4v) is 1.28. The molecule has 2 N–H and O–H groups in total. The van der Waals surface area contributed by atoms with Gasteiger partial charge in [0.25, 0.3) is 0 Å². The number of carboxylic acids is 1. The van der Waals surface area contributed by atoms with Crippen LogP contribution in [-0.2, 0) is 0 Å². The second-order valence-corrected chi connectivity index (χ2v) is 3.58. The molecule has 1 rings (SSSR count). The van der Waals surface area contributed by atoms with Gasteiger partial charge in [-0.05, 0) is 19.1 Å². The molecule has 0 amide bonds. The van der Waals surface area contributed by atoms with Crippen molar-refractivity contribution in [2.24, 2.45) is 0 Å². The summed E-state index contributed by atoms with van der Waals surface area (Å²) in [6.45, 7) is 1.35. The minimum atomic E-state index is -4.27. The van der Waals surface area contributed by atoms with Crippen LogP contribution in [0.3, 0.4) is 0 Å². The normalized spacial score (nSPS) is 13.2. The van der Waals surface area contributed by atoms with Crippen LogP contribution in [0, 0.1) is 0 Å². The lowest BCUT2D eigenvalue weighted by Crippen LogP contribution is -2.24. The molecular formula is C10H11F3N2O2. The number of carboxylic acid groups (broad SMARTS) is 1. The Morgan fingerprint density at radius 3 is 2.71 bits per heavy atom. The first kappa shape index (κ1) is 13.3. The van der Waals surface area contributed by atoms with Crippen LogP contribution in [0.25, 0.3) is 0 Å². The summed E-state index contributed by atoms with van der Waals surface area (Å²) in [5.41, 5.74) is -0.214. The summed E-state index contributed by atoms with van der Waals surface area (Å²) in [5.74, 6) is -1.11. The largest absolute Gasteiger partial charge is 0.477 e. The van der Waals surface area contributed by atoms with Gasteiger partial charge < -0.3 is 10.4 Å². The minimum Gasteiger partial charge on any atom is -0.477 e. The van der Waals surface area contributed by atoms with Crippen molar-refractivity contribution in [3.8, 4) is 0 Å². The zero-order valence-corrected chi connectivity index (χ0v) is 8.95. The van der Waals surface area contributed by atoms with Crippen LogP contribution in [0.5, 0.6) is 0 Å². The minimum absolute atomic E-state index is 0.113. The van der Waals surface area contributed by atoms with Crippen LogP contribution in [0.2, 0.25) is 0 Å². The second-order valence-electron chi connectivity index (χ2n) is 3.58. The summed E-state index contributed by atoms with van der Waals surface area (Å²) < 4.78 is 36.2. The smallest absolute Gasteiger partial charge is 0.391 e. The van der Waals surface area contributed by atoms with Crippen LogP contribution >= 0.6 is 0 Å². The first-order valence-electron chi connectivity index (χ1n) is 4.81. The fraction of sp³-hybridized carbons (Fsp3) is 0.400. The molecule has 1 unspecified atom stereocenters. The van der Waals surface area contributed by atoms with Crippen molar-refractivity contribution >= 4 is 11.8 Å². The number of alkyl halides is 3. The Morgan fingerprint density at radius 2 is 2.18 bits per heavy atom. The van der Waals surface area contributed by atoms with Crippen molar-refractivity contribution in [1.29, 1.82) is 0 Å². The Bertz CT molecular complexity index is 407. The molecule has 0 saturated carbocycles. The van der Waals surface area contributed by atoms with E-state index in [2.05, 4.69) is 10.3 Å². The number of nitrogens with one attached hydrogen (secondary N) is 1. The van der Waals surface area contributed by atoms with Gasteiger partial charge >= 0.3 is 12.1 Å². The topological polar surface area (TPSA) is 62.2 Å². The van der Waals surface area contributed by atoms with Gasteiger partial charge in [0.1, 0.15) is 5.82 Å². The standard InChI is InChI=1S/C10H11F3N2O2/c1-6(5-10(11,12)13)14-8-4-2-3-7(15-8)9(16)17/h2-4,6H,5H2,1H3,(H,14,15)(H,16,17). The van der Waals surface area contributed by atoms with Gasteiger partial charge in [-0.1, -0.05) is 6.07 Å². The molecule has 0 saturated heterocycles. The molecule has 17 heavy (non-hydrogen) atoms. The van der Waals surface area contributed by atoms with E-state index in [0.717, 1.165) is 0 Å². The number of pyridine rings is 1. The molecule has 94 valence electrons. The van der Waals surface area contributed by atoms with Gasteiger partial charge in [0.2, 0.25) is 0 Å². The fourth-order valence-electron chi connectivity index (χ4n) is 1.28. The first-order valence-corrected chi connectivity index (χ1v) is 4.81. The van der Waals surface area contributed by atoms with E-state index in [9.17, 15) is 18.0 Å². The SMILES string of the molecule is CC(CC(F)(F)F)Nc1cccc(C(=O)O)n1. The number of nitrogens with zero attached hydrogens (tertiary/aromatic N) is 1. The molecule has 7 heteroatoms. The van der Waals surface area contributed by atoms with Crippen LogP contribution in [-0.4, -0.2) is 28.3 Å². The monoisotopic (exact) mass is 248 g/mol. The van der Waals surface area contributed by atoms with Gasteiger partial charge in [-0.3, -0.25) is 0 Å². The van der Waals surface area contributed by atoms with Crippen LogP contribution in [0.1, 0.15) is 23.8 Å². The molecule has 0 aliphatic heterocycles. The summed E-state index contributed by atoms with van der Waals surface area (Å²) in [6, 6.07) is 3.23. The molecule has 0 spiro atoms. The molecule has 1 aromatic rings. The van der Waals surface area contributed by atoms with Gasteiger partial charge in [-0.2, -0.15) is 13.2 Å². The zero-order valence-electron chi connectivity index (χ0n) is 8.95. The van der Waals surface area contributed by atoms with Gasteiger partial charge in [0, 0.05) is 6.04 Å². The van der Waals surface area contributed by atoms with Crippen molar-refractivity contribution in [3.63, 3.8) is 0 Å². The van der Waals surface area contributed by atoms with E-state index in [1.54, 1.807) is 0 Å². The number of anilines is 1. The Kier molecular flexibility index (Phi) is 3.93. The quantitative estimate of drug-likeness (QED) is 0.859. The number of carbonyl (C=O) groups is 1. The number of aromatic nitrogens is 1. The van der Waals surface area contributed by atoms with Crippen molar-refractivity contribution < 1.29 is 23.1 Å². The van der Waals surface area contributed by atoms with Gasteiger partial charge in [0.15, 0.2) is 5.69 Å². The number of hydrogen-bond donors (Lipinski definition) is 2. The van der Waals surface area contributed by atoms with E-state index in [0.29, 0.717) is 0 Å². The third kappa shape index (κ3) is 4.71. The van der Waals surface area contributed by atoms with E-state index in [1.807, 2.05) is 0 Å². The van der Waals surface area contributed by atoms with E-state index >= 15 is 0 Å². The van der Waals surface area contributed by atoms with E-state index in [4.69, 9.17) is 5.11 Å². The Hall–Kier alpha value is -1.79. The number of aromatic carboxylic acids is 1. The third-order valence-corrected chi connectivity index (χ3v) is 1.90. The maximum absolute atomic E-state index is 12.1. The van der Waals surface area contributed by atoms with Crippen molar-refractivity contribution in [3.05, 3.63) is 23.9 Å². The predicted molar refractivity (Wildman–Crippen MR) is 55.0 cm³/mol. The molecular weight excluding hydrogens is 237 g/mol. The highest BCUT2D eigenvalue weighted by Crippen LogP contribution is 2.22. The molecule has 0 fully saturated rings. The van der Waals surface area contributed by atoms with Crippen molar-refractivity contribution in [1.82, 2.24) is 4.98 Å². The lowest BCUT2D eigenvalue weighted by molar-refractivity contribution is -0.136. The van der Waals surface area contributed by atoms with Crippen LogP contribution in [0.4, 0.5) is 19.0 Å². The molecule has 1 heterocycles. The van der Waals surface area contributed by atoms with Gasteiger partial charge in [-0.15, -0.1) is 0 Å². The average Bonchev–Trinajstić information content (AvgIpc) is 2.14. The summed E-state index contributed by atoms with van der Waals surface area (Å²) in [7, 11) is 0. The van der Waals surface area contributed by atoms with E-state index in [-0.39, 0.29) is 11.5 Å². The van der Waals surface area contributed by atoms with Crippen molar-refractivity contribution in [2.45, 2.75) is 25.6 Å². The summed E-state index contributed by atoms with van der Waals surface area (Å²) >= 11 is 0. The van der Waals surface area contributed by atoms with E-state index in [1.165, 1.54) is 25.1 Å². The maximum Gasteiger partial charge on any atom is 0.391 e. The average molecular weight is 248 g/mol. The Morgan fingerprint density at radius 1 is 1.53 bits per heavy atom. The molecule has 0 bridgehead atoms. The maximum atomic E-state index is 12.1. The molecule has 1 atom stereocenters. The zero-order chi connectivity index (χ0) is 13.1. The highest BCUT2D eigenvalue weighted by molar-refractivity contribution is 5.85. The van der Waals surface area contributed by atoms with Gasteiger partial charge in [-0.25, -0.2) is 9.78 Å². The van der Waals surface area contributed by atoms with Crippen LogP contribution < -0.4 is 5.32 Å². The lowest BCUT2D eigenvalue weighted by Gasteiger charge is -2.16. The summed E-state index contributed by atoms with van der Waals surface area (Å²) in [5, 5.41) is 11.2. The second kappa shape index (κ2) is 5.03. The molecule has 0 aliphatic rings. The number of rotatable bonds is 4. The van der Waals surface area contributed by atoms with Crippen molar-refractivity contribution in [2.75, 3.05) is 5.32 Å².